The third kappa shape index (κ3) is 3.74. The number of pyridine rings is 1. The molecule has 1 aliphatic carbocycles. The van der Waals surface area contributed by atoms with Crippen LogP contribution < -0.4 is 0 Å². The average Bonchev–Trinajstić information content (AvgIpc) is 3.47. The van der Waals surface area contributed by atoms with Crippen LogP contribution in [0.5, 0.6) is 0 Å². The van der Waals surface area contributed by atoms with Crippen LogP contribution in [0.4, 0.5) is 0 Å². The number of aromatic nitrogens is 1. The van der Waals surface area contributed by atoms with Gasteiger partial charge < -0.3 is 0 Å². The van der Waals surface area contributed by atoms with E-state index >= 15 is 0 Å². The van der Waals surface area contributed by atoms with E-state index in [2.05, 4.69) is 145 Å². The molecule has 0 atom stereocenters. The van der Waals surface area contributed by atoms with Crippen molar-refractivity contribution < 1.29 is 0 Å². The SMILES string of the molecule is c1ccc2c(c1)-c1ccccc1-c1cccc(-c3ccc(-c4cccc5c4sc4ccncc45)cc3)c1-c1ccccc1-2. The van der Waals surface area contributed by atoms with Crippen molar-refractivity contribution in [2.45, 2.75) is 0 Å². The third-order valence-electron chi connectivity index (χ3n) is 8.79. The smallest absolute Gasteiger partial charge is 0.0434 e. The molecule has 0 N–H and O–H groups in total. The Kier molecular flexibility index (Phi) is 5.44. The summed E-state index contributed by atoms with van der Waals surface area (Å²) in [6.07, 6.45) is 3.87. The maximum atomic E-state index is 4.38. The summed E-state index contributed by atoms with van der Waals surface area (Å²) in [4.78, 5) is 4.38. The molecule has 43 heavy (non-hydrogen) atoms. The van der Waals surface area contributed by atoms with Gasteiger partial charge in [0.15, 0.2) is 0 Å². The van der Waals surface area contributed by atoms with Crippen molar-refractivity contribution in [1.29, 1.82) is 0 Å². The molecule has 0 amide bonds. The number of hydrogen-bond donors (Lipinski definition) is 0. The van der Waals surface area contributed by atoms with Gasteiger partial charge in [0.1, 0.15) is 0 Å². The summed E-state index contributed by atoms with van der Waals surface area (Å²) in [5.74, 6) is 0. The lowest BCUT2D eigenvalue weighted by Gasteiger charge is -2.25. The Balaban J connectivity index is 1.25. The first-order valence-electron chi connectivity index (χ1n) is 14.6. The number of benzene rings is 6. The Morgan fingerprint density at radius 3 is 1.53 bits per heavy atom. The summed E-state index contributed by atoms with van der Waals surface area (Å²) in [6.45, 7) is 0. The zero-order chi connectivity index (χ0) is 28.3. The monoisotopic (exact) mass is 563 g/mol. The summed E-state index contributed by atoms with van der Waals surface area (Å²) < 4.78 is 2.59. The van der Waals surface area contributed by atoms with Crippen LogP contribution in [-0.4, -0.2) is 4.98 Å². The third-order valence-corrected chi connectivity index (χ3v) is 10.0. The van der Waals surface area contributed by atoms with E-state index in [1.807, 2.05) is 23.7 Å². The van der Waals surface area contributed by atoms with Crippen molar-refractivity contribution in [3.05, 3.63) is 152 Å². The number of fused-ring (bicyclic) bond motifs is 11. The van der Waals surface area contributed by atoms with Crippen LogP contribution in [0.1, 0.15) is 0 Å². The highest BCUT2D eigenvalue weighted by Gasteiger charge is 2.23. The molecular formula is C41H25NS. The molecule has 2 heteroatoms. The van der Waals surface area contributed by atoms with Crippen LogP contribution in [0.2, 0.25) is 0 Å². The molecule has 1 aliphatic rings. The van der Waals surface area contributed by atoms with Crippen molar-refractivity contribution in [1.82, 2.24) is 4.98 Å². The Labute approximate surface area is 254 Å². The summed E-state index contributed by atoms with van der Waals surface area (Å²) in [7, 11) is 0. The predicted molar refractivity (Wildman–Crippen MR) is 183 cm³/mol. The first-order valence-corrected chi connectivity index (χ1v) is 15.4. The maximum absolute atomic E-state index is 4.38. The average molecular weight is 564 g/mol. The van der Waals surface area contributed by atoms with Gasteiger partial charge in [0, 0.05) is 32.6 Å². The molecule has 0 saturated carbocycles. The van der Waals surface area contributed by atoms with E-state index in [4.69, 9.17) is 0 Å². The summed E-state index contributed by atoms with van der Waals surface area (Å²) in [6, 6.07) is 51.2. The highest BCUT2D eigenvalue weighted by Crippen LogP contribution is 2.50. The first-order chi connectivity index (χ1) is 21.3. The minimum atomic E-state index is 1.22. The highest BCUT2D eigenvalue weighted by atomic mass is 32.1. The van der Waals surface area contributed by atoms with E-state index in [0.717, 1.165) is 0 Å². The van der Waals surface area contributed by atoms with E-state index in [1.165, 1.54) is 86.9 Å². The van der Waals surface area contributed by atoms with Gasteiger partial charge in [0.25, 0.3) is 0 Å². The molecular weight excluding hydrogens is 539 g/mol. The molecule has 0 radical (unpaired) electrons. The van der Waals surface area contributed by atoms with E-state index in [9.17, 15) is 0 Å². The topological polar surface area (TPSA) is 12.9 Å². The Morgan fingerprint density at radius 1 is 0.372 bits per heavy atom. The second-order valence-corrected chi connectivity index (χ2v) is 12.2. The van der Waals surface area contributed by atoms with Crippen LogP contribution in [0, 0.1) is 0 Å². The quantitative estimate of drug-likeness (QED) is 0.204. The van der Waals surface area contributed by atoms with Crippen LogP contribution in [0.3, 0.4) is 0 Å². The number of thiophene rings is 1. The van der Waals surface area contributed by atoms with Gasteiger partial charge in [-0.15, -0.1) is 11.3 Å². The molecule has 0 saturated heterocycles. The molecule has 8 aromatic rings. The van der Waals surface area contributed by atoms with Gasteiger partial charge in [-0.3, -0.25) is 4.98 Å². The first kappa shape index (κ1) is 24.3. The van der Waals surface area contributed by atoms with E-state index < -0.39 is 0 Å². The molecule has 0 unspecified atom stereocenters. The molecule has 0 bridgehead atoms. The summed E-state index contributed by atoms with van der Waals surface area (Å²) in [5, 5.41) is 2.50. The van der Waals surface area contributed by atoms with Crippen molar-refractivity contribution in [2.75, 3.05) is 0 Å². The molecule has 9 rings (SSSR count). The van der Waals surface area contributed by atoms with Crippen LogP contribution in [0.25, 0.3) is 86.9 Å². The fraction of sp³-hybridized carbons (Fsp3) is 0. The number of hydrogen-bond acceptors (Lipinski definition) is 2. The zero-order valence-corrected chi connectivity index (χ0v) is 24.1. The maximum Gasteiger partial charge on any atom is 0.0434 e. The molecule has 0 spiro atoms. The summed E-state index contributed by atoms with van der Waals surface area (Å²) in [5.41, 5.74) is 15.1. The lowest BCUT2D eigenvalue weighted by atomic mass is 9.78. The van der Waals surface area contributed by atoms with E-state index in [-0.39, 0.29) is 0 Å². The molecule has 200 valence electrons. The normalized spacial score (nSPS) is 11.7. The van der Waals surface area contributed by atoms with Gasteiger partial charge >= 0.3 is 0 Å². The Hall–Kier alpha value is -5.31. The van der Waals surface area contributed by atoms with Crippen LogP contribution in [0.15, 0.2) is 152 Å². The Bertz CT molecular complexity index is 2340. The fourth-order valence-electron chi connectivity index (χ4n) is 6.85. The van der Waals surface area contributed by atoms with Gasteiger partial charge in [-0.05, 0) is 72.8 Å². The van der Waals surface area contributed by atoms with E-state index in [0.29, 0.717) is 0 Å². The fourth-order valence-corrected chi connectivity index (χ4v) is 8.05. The summed E-state index contributed by atoms with van der Waals surface area (Å²) >= 11 is 1.85. The molecule has 1 nitrogen and oxygen atoms in total. The molecule has 6 aromatic carbocycles. The van der Waals surface area contributed by atoms with Crippen molar-refractivity contribution in [3.63, 3.8) is 0 Å². The lowest BCUT2D eigenvalue weighted by Crippen LogP contribution is -1.98. The van der Waals surface area contributed by atoms with Crippen molar-refractivity contribution in [2.24, 2.45) is 0 Å². The van der Waals surface area contributed by atoms with Crippen molar-refractivity contribution in [3.8, 4) is 66.8 Å². The number of nitrogens with zero attached hydrogens (tertiary/aromatic N) is 1. The van der Waals surface area contributed by atoms with Gasteiger partial charge in [0.05, 0.1) is 0 Å². The standard InChI is InChI=1S/C41H25NS/c1-2-10-31-30(9-1)32-11-3-4-12-34(32)36-17-7-15-28(40(36)35-14-6-5-13-33(31)35)26-19-21-27(22-20-26)29-16-8-18-37-38-25-42-24-23-39(38)43-41(29)37/h1-25H. The second kappa shape index (κ2) is 9.62. The Morgan fingerprint density at radius 2 is 0.860 bits per heavy atom. The number of rotatable bonds is 2. The van der Waals surface area contributed by atoms with Gasteiger partial charge in [-0.25, -0.2) is 0 Å². The minimum absolute atomic E-state index is 1.22. The molecule has 0 fully saturated rings. The zero-order valence-electron chi connectivity index (χ0n) is 23.3. The van der Waals surface area contributed by atoms with Crippen molar-refractivity contribution >= 4 is 31.5 Å². The van der Waals surface area contributed by atoms with Crippen LogP contribution in [-0.2, 0) is 0 Å². The second-order valence-electron chi connectivity index (χ2n) is 11.1. The van der Waals surface area contributed by atoms with Gasteiger partial charge in [-0.1, -0.05) is 133 Å². The van der Waals surface area contributed by atoms with Crippen LogP contribution >= 0.6 is 11.3 Å². The predicted octanol–water partition coefficient (Wildman–Crippen LogP) is 11.8. The van der Waals surface area contributed by atoms with Gasteiger partial charge in [0.2, 0.25) is 0 Å². The largest absolute Gasteiger partial charge is 0.264 e. The lowest BCUT2D eigenvalue weighted by molar-refractivity contribution is 1.37. The molecule has 2 aromatic heterocycles. The van der Waals surface area contributed by atoms with Gasteiger partial charge in [-0.2, -0.15) is 0 Å². The molecule has 0 aliphatic heterocycles. The minimum Gasteiger partial charge on any atom is -0.264 e. The van der Waals surface area contributed by atoms with E-state index in [1.54, 1.807) is 0 Å². The molecule has 2 heterocycles. The highest BCUT2D eigenvalue weighted by molar-refractivity contribution is 7.26.